The summed E-state index contributed by atoms with van der Waals surface area (Å²) in [4.78, 5) is 0. The van der Waals surface area contributed by atoms with Crippen molar-refractivity contribution in [2.24, 2.45) is 5.92 Å². The van der Waals surface area contributed by atoms with Crippen LogP contribution in [0, 0.1) is 5.92 Å². The lowest BCUT2D eigenvalue weighted by atomic mass is 9.94. The van der Waals surface area contributed by atoms with Crippen LogP contribution in [0.3, 0.4) is 0 Å². The molecule has 0 fully saturated rings. The van der Waals surface area contributed by atoms with Gasteiger partial charge in [-0.2, -0.15) is 0 Å². The summed E-state index contributed by atoms with van der Waals surface area (Å²) in [5.74, 6) is 1.41. The molecule has 0 aromatic heterocycles. The Balaban J connectivity index is 2.75. The first-order valence-corrected chi connectivity index (χ1v) is 7.16. The van der Waals surface area contributed by atoms with E-state index in [0.29, 0.717) is 17.7 Å². The molecule has 1 aromatic rings. The first-order valence-electron chi connectivity index (χ1n) is 7.16. The van der Waals surface area contributed by atoms with Crippen molar-refractivity contribution in [3.63, 3.8) is 0 Å². The molecule has 108 valence electrons. The number of rotatable bonds is 7. The molecule has 0 bridgehead atoms. The Morgan fingerprint density at radius 2 is 1.84 bits per heavy atom. The van der Waals surface area contributed by atoms with E-state index in [4.69, 9.17) is 4.74 Å². The smallest absolute Gasteiger partial charge is 0.160 e. The van der Waals surface area contributed by atoms with Gasteiger partial charge in [-0.05, 0) is 37.5 Å². The van der Waals surface area contributed by atoms with E-state index in [-0.39, 0.29) is 11.8 Å². The predicted octanol–water partition coefficient (Wildman–Crippen LogP) is 3.88. The van der Waals surface area contributed by atoms with Gasteiger partial charge < -0.3 is 15.2 Å². The van der Waals surface area contributed by atoms with Crippen LogP contribution in [-0.2, 0) is 0 Å². The van der Waals surface area contributed by atoms with Crippen LogP contribution in [0.4, 0.5) is 0 Å². The Morgan fingerprint density at radius 1 is 1.21 bits per heavy atom. The van der Waals surface area contributed by atoms with Crippen molar-refractivity contribution >= 4 is 0 Å². The third-order valence-electron chi connectivity index (χ3n) is 3.97. The van der Waals surface area contributed by atoms with Crippen molar-refractivity contribution in [2.45, 2.75) is 52.6 Å². The fraction of sp³-hybridized carbons (Fsp3) is 0.625. The molecule has 0 saturated heterocycles. The van der Waals surface area contributed by atoms with Gasteiger partial charge in [-0.15, -0.1) is 0 Å². The zero-order valence-electron chi connectivity index (χ0n) is 12.7. The minimum Gasteiger partial charge on any atom is -0.504 e. The second-order valence-corrected chi connectivity index (χ2v) is 5.18. The van der Waals surface area contributed by atoms with E-state index in [2.05, 4.69) is 33.0 Å². The average Bonchev–Trinajstić information content (AvgIpc) is 2.40. The van der Waals surface area contributed by atoms with Gasteiger partial charge in [0.25, 0.3) is 0 Å². The molecule has 0 aliphatic heterocycles. The van der Waals surface area contributed by atoms with Gasteiger partial charge in [-0.1, -0.05) is 32.8 Å². The topological polar surface area (TPSA) is 41.5 Å². The summed E-state index contributed by atoms with van der Waals surface area (Å²) in [5.41, 5.74) is 1.13. The number of phenols is 1. The summed E-state index contributed by atoms with van der Waals surface area (Å²) in [6.07, 6.45) is 2.38. The molecule has 1 rings (SSSR count). The van der Waals surface area contributed by atoms with Crippen molar-refractivity contribution in [1.82, 2.24) is 5.32 Å². The van der Waals surface area contributed by atoms with Gasteiger partial charge in [0.05, 0.1) is 7.11 Å². The van der Waals surface area contributed by atoms with E-state index < -0.39 is 0 Å². The van der Waals surface area contributed by atoms with Crippen LogP contribution in [0.25, 0.3) is 0 Å². The van der Waals surface area contributed by atoms with E-state index in [0.717, 1.165) is 5.56 Å². The van der Waals surface area contributed by atoms with E-state index in [1.807, 2.05) is 12.1 Å². The number of benzene rings is 1. The molecule has 0 amide bonds. The predicted molar refractivity (Wildman–Crippen MR) is 79.7 cm³/mol. The highest BCUT2D eigenvalue weighted by atomic mass is 16.5. The number of aromatic hydroxyl groups is 1. The number of hydrogen-bond acceptors (Lipinski definition) is 3. The molecule has 0 spiro atoms. The quantitative estimate of drug-likeness (QED) is 0.786. The molecule has 19 heavy (non-hydrogen) atoms. The van der Waals surface area contributed by atoms with E-state index in [9.17, 15) is 5.11 Å². The molecule has 1 aromatic carbocycles. The van der Waals surface area contributed by atoms with Crippen molar-refractivity contribution in [1.29, 1.82) is 0 Å². The SMILES string of the molecule is CCC(CC)C(C)NC(C)c1ccc(O)c(OC)c1. The molecular weight excluding hydrogens is 238 g/mol. The molecule has 0 saturated carbocycles. The number of ether oxygens (including phenoxy) is 1. The Bertz CT molecular complexity index is 388. The summed E-state index contributed by atoms with van der Waals surface area (Å²) >= 11 is 0. The number of hydrogen-bond donors (Lipinski definition) is 2. The molecule has 2 N–H and O–H groups in total. The van der Waals surface area contributed by atoms with Gasteiger partial charge in [-0.3, -0.25) is 0 Å². The Morgan fingerprint density at radius 3 is 2.37 bits per heavy atom. The monoisotopic (exact) mass is 265 g/mol. The lowest BCUT2D eigenvalue weighted by Crippen LogP contribution is -2.34. The van der Waals surface area contributed by atoms with Gasteiger partial charge in [0.1, 0.15) is 0 Å². The molecule has 0 aliphatic carbocycles. The summed E-state index contributed by atoms with van der Waals surface area (Å²) in [6, 6.07) is 6.24. The molecule has 3 heteroatoms. The van der Waals surface area contributed by atoms with Crippen LogP contribution in [0.15, 0.2) is 18.2 Å². The normalized spacial score (nSPS) is 14.4. The van der Waals surface area contributed by atoms with E-state index in [1.165, 1.54) is 12.8 Å². The largest absolute Gasteiger partial charge is 0.504 e. The standard InChI is InChI=1S/C16H27NO2/c1-6-13(7-2)11(3)17-12(4)14-8-9-15(18)16(10-14)19-5/h8-13,17-18H,6-7H2,1-5H3. The highest BCUT2D eigenvalue weighted by Gasteiger charge is 2.17. The van der Waals surface area contributed by atoms with Gasteiger partial charge in [-0.25, -0.2) is 0 Å². The maximum absolute atomic E-state index is 9.62. The van der Waals surface area contributed by atoms with Gasteiger partial charge in [0.15, 0.2) is 11.5 Å². The maximum Gasteiger partial charge on any atom is 0.160 e. The van der Waals surface area contributed by atoms with Crippen LogP contribution in [0.5, 0.6) is 11.5 Å². The minimum atomic E-state index is 0.187. The Kier molecular flexibility index (Phi) is 6.16. The molecule has 0 radical (unpaired) electrons. The third kappa shape index (κ3) is 4.13. The second kappa shape index (κ2) is 7.39. The lowest BCUT2D eigenvalue weighted by Gasteiger charge is -2.26. The Labute approximate surface area is 117 Å². The molecular formula is C16H27NO2. The van der Waals surface area contributed by atoms with Crippen LogP contribution in [0.2, 0.25) is 0 Å². The van der Waals surface area contributed by atoms with Gasteiger partial charge in [0, 0.05) is 12.1 Å². The minimum absolute atomic E-state index is 0.187. The zero-order chi connectivity index (χ0) is 14.4. The summed E-state index contributed by atoms with van der Waals surface area (Å²) in [5, 5.41) is 13.2. The van der Waals surface area contributed by atoms with Crippen LogP contribution in [0.1, 0.15) is 52.1 Å². The van der Waals surface area contributed by atoms with Crippen LogP contribution < -0.4 is 10.1 Å². The maximum atomic E-state index is 9.62. The van der Waals surface area contributed by atoms with Crippen molar-refractivity contribution in [3.8, 4) is 11.5 Å². The van der Waals surface area contributed by atoms with Crippen molar-refractivity contribution in [3.05, 3.63) is 23.8 Å². The number of methoxy groups -OCH3 is 1. The number of nitrogens with one attached hydrogen (secondary N) is 1. The van der Waals surface area contributed by atoms with Gasteiger partial charge >= 0.3 is 0 Å². The van der Waals surface area contributed by atoms with E-state index >= 15 is 0 Å². The third-order valence-corrected chi connectivity index (χ3v) is 3.97. The Hall–Kier alpha value is -1.22. The number of phenolic OH excluding ortho intramolecular Hbond substituents is 1. The molecule has 2 unspecified atom stereocenters. The lowest BCUT2D eigenvalue weighted by molar-refractivity contribution is 0.329. The van der Waals surface area contributed by atoms with Gasteiger partial charge in [0.2, 0.25) is 0 Å². The fourth-order valence-corrected chi connectivity index (χ4v) is 2.59. The fourth-order valence-electron chi connectivity index (χ4n) is 2.59. The summed E-state index contributed by atoms with van der Waals surface area (Å²) in [7, 11) is 1.57. The first-order chi connectivity index (χ1) is 9.03. The van der Waals surface area contributed by atoms with E-state index in [1.54, 1.807) is 13.2 Å². The summed E-state index contributed by atoms with van der Waals surface area (Å²) < 4.78 is 5.15. The molecule has 3 nitrogen and oxygen atoms in total. The second-order valence-electron chi connectivity index (χ2n) is 5.18. The average molecular weight is 265 g/mol. The first kappa shape index (κ1) is 15.8. The summed E-state index contributed by atoms with van der Waals surface area (Å²) in [6.45, 7) is 8.86. The van der Waals surface area contributed by atoms with Crippen molar-refractivity contribution in [2.75, 3.05) is 7.11 Å². The van der Waals surface area contributed by atoms with Crippen molar-refractivity contribution < 1.29 is 9.84 Å². The molecule has 0 heterocycles. The molecule has 2 atom stereocenters. The highest BCUT2D eigenvalue weighted by Crippen LogP contribution is 2.29. The zero-order valence-corrected chi connectivity index (χ0v) is 12.7. The van der Waals surface area contributed by atoms with Crippen LogP contribution >= 0.6 is 0 Å². The molecule has 0 aliphatic rings. The highest BCUT2D eigenvalue weighted by molar-refractivity contribution is 5.42. The van der Waals surface area contributed by atoms with Crippen LogP contribution in [-0.4, -0.2) is 18.3 Å².